The molecule has 2 fully saturated rings. The van der Waals surface area contributed by atoms with Gasteiger partial charge < -0.3 is 14.5 Å². The molecule has 6 nitrogen and oxygen atoms in total. The van der Waals surface area contributed by atoms with E-state index < -0.39 is 0 Å². The van der Waals surface area contributed by atoms with Crippen LogP contribution < -0.4 is 0 Å². The Kier molecular flexibility index (Phi) is 4.49. The Balaban J connectivity index is 1.76. The lowest BCUT2D eigenvalue weighted by Gasteiger charge is -2.32. The van der Waals surface area contributed by atoms with E-state index in [1.54, 1.807) is 0 Å². The van der Waals surface area contributed by atoms with Crippen LogP contribution in [0, 0.1) is 0 Å². The van der Waals surface area contributed by atoms with E-state index >= 15 is 0 Å². The lowest BCUT2D eigenvalue weighted by Crippen LogP contribution is -2.48. The lowest BCUT2D eigenvalue weighted by molar-refractivity contribution is -0.142. The summed E-state index contributed by atoms with van der Waals surface area (Å²) in [6, 6.07) is 0.599. The van der Waals surface area contributed by atoms with Crippen molar-refractivity contribution < 1.29 is 9.53 Å². The van der Waals surface area contributed by atoms with Gasteiger partial charge in [-0.1, -0.05) is 0 Å². The maximum absolute atomic E-state index is 12.8. The number of hydrogen-bond donors (Lipinski definition) is 0. The molecule has 0 aliphatic carbocycles. The lowest BCUT2D eigenvalue weighted by atomic mass is 10.0. The highest BCUT2D eigenvalue weighted by Crippen LogP contribution is 2.27. The molecule has 2 aliphatic rings. The zero-order valence-electron chi connectivity index (χ0n) is 13.7. The molecule has 0 N–H and O–H groups in total. The SMILES string of the molecule is CN(C)[C@@H]1CCN(C(=O)[C@H]2CCCO2)[C@H]1Cc1cnn(C)c1. The minimum atomic E-state index is -0.225. The molecule has 0 spiro atoms. The average molecular weight is 306 g/mol. The van der Waals surface area contributed by atoms with Gasteiger partial charge in [-0.15, -0.1) is 0 Å². The Morgan fingerprint density at radius 3 is 2.86 bits per heavy atom. The van der Waals surface area contributed by atoms with Crippen LogP contribution in [0.4, 0.5) is 0 Å². The predicted molar refractivity (Wildman–Crippen MR) is 83.5 cm³/mol. The molecule has 1 amide bonds. The summed E-state index contributed by atoms with van der Waals surface area (Å²) >= 11 is 0. The Labute approximate surface area is 132 Å². The van der Waals surface area contributed by atoms with E-state index in [1.807, 2.05) is 29.0 Å². The fourth-order valence-corrected chi connectivity index (χ4v) is 3.74. The number of likely N-dealkylation sites (tertiary alicyclic amines) is 1. The average Bonchev–Trinajstić information content (AvgIpc) is 3.19. The summed E-state index contributed by atoms with van der Waals surface area (Å²) in [6.45, 7) is 1.54. The van der Waals surface area contributed by atoms with Crippen molar-refractivity contribution in [3.63, 3.8) is 0 Å². The molecule has 2 aliphatic heterocycles. The van der Waals surface area contributed by atoms with Gasteiger partial charge in [0.1, 0.15) is 6.10 Å². The topological polar surface area (TPSA) is 50.6 Å². The van der Waals surface area contributed by atoms with E-state index in [-0.39, 0.29) is 18.1 Å². The molecule has 0 radical (unpaired) electrons. The fraction of sp³-hybridized carbons (Fsp3) is 0.750. The largest absolute Gasteiger partial charge is 0.368 e. The number of aromatic nitrogens is 2. The standard InChI is InChI=1S/C16H26N4O2/c1-18(2)13-6-7-20(16(21)15-5-4-8-22-15)14(13)9-12-10-17-19(3)11-12/h10-11,13-15H,4-9H2,1-3H3/t13-,14+,15-/m1/s1. The third-order valence-electron chi connectivity index (χ3n) is 4.86. The highest BCUT2D eigenvalue weighted by molar-refractivity contribution is 5.82. The molecule has 22 heavy (non-hydrogen) atoms. The summed E-state index contributed by atoms with van der Waals surface area (Å²) in [6.07, 6.45) is 7.46. The van der Waals surface area contributed by atoms with Gasteiger partial charge in [0.25, 0.3) is 5.91 Å². The number of carbonyl (C=O) groups is 1. The molecule has 0 bridgehead atoms. The maximum Gasteiger partial charge on any atom is 0.252 e. The third-order valence-corrected chi connectivity index (χ3v) is 4.86. The first-order valence-corrected chi connectivity index (χ1v) is 8.12. The molecule has 1 aromatic rings. The molecule has 2 saturated heterocycles. The molecule has 1 aromatic heterocycles. The van der Waals surface area contributed by atoms with Crippen molar-refractivity contribution in [1.82, 2.24) is 19.6 Å². The van der Waals surface area contributed by atoms with Crippen molar-refractivity contribution in [1.29, 1.82) is 0 Å². The van der Waals surface area contributed by atoms with Gasteiger partial charge in [-0.2, -0.15) is 5.10 Å². The quantitative estimate of drug-likeness (QED) is 0.820. The van der Waals surface area contributed by atoms with E-state index in [1.165, 1.54) is 5.56 Å². The van der Waals surface area contributed by atoms with Gasteiger partial charge in [0.15, 0.2) is 0 Å². The number of ether oxygens (including phenoxy) is 1. The van der Waals surface area contributed by atoms with Crippen LogP contribution in [0.15, 0.2) is 12.4 Å². The van der Waals surface area contributed by atoms with Gasteiger partial charge >= 0.3 is 0 Å². The van der Waals surface area contributed by atoms with Crippen molar-refractivity contribution in [3.05, 3.63) is 18.0 Å². The van der Waals surface area contributed by atoms with Gasteiger partial charge in [0.05, 0.1) is 12.2 Å². The van der Waals surface area contributed by atoms with Crippen LogP contribution in [-0.2, 0) is 23.0 Å². The molecular weight excluding hydrogens is 280 g/mol. The summed E-state index contributed by atoms with van der Waals surface area (Å²) in [5, 5.41) is 4.25. The second-order valence-corrected chi connectivity index (χ2v) is 6.65. The van der Waals surface area contributed by atoms with Gasteiger partial charge in [-0.3, -0.25) is 9.48 Å². The second-order valence-electron chi connectivity index (χ2n) is 6.65. The van der Waals surface area contributed by atoms with E-state index in [0.29, 0.717) is 12.6 Å². The summed E-state index contributed by atoms with van der Waals surface area (Å²) in [5.74, 6) is 0.177. The Morgan fingerprint density at radius 2 is 2.27 bits per heavy atom. The predicted octanol–water partition coefficient (Wildman–Crippen LogP) is 0.673. The van der Waals surface area contributed by atoms with Gasteiger partial charge in [-0.05, 0) is 45.3 Å². The number of likely N-dealkylation sites (N-methyl/N-ethyl adjacent to an activating group) is 1. The minimum absolute atomic E-state index is 0.177. The van der Waals surface area contributed by atoms with Crippen molar-refractivity contribution in [2.75, 3.05) is 27.2 Å². The number of hydrogen-bond acceptors (Lipinski definition) is 4. The second kappa shape index (κ2) is 6.38. The van der Waals surface area contributed by atoms with Crippen LogP contribution in [0.2, 0.25) is 0 Å². The molecular formula is C16H26N4O2. The smallest absolute Gasteiger partial charge is 0.252 e. The number of aryl methyl sites for hydroxylation is 1. The van der Waals surface area contributed by atoms with Crippen molar-refractivity contribution in [2.45, 2.75) is 43.9 Å². The summed E-state index contributed by atoms with van der Waals surface area (Å²) in [5.41, 5.74) is 1.19. The summed E-state index contributed by atoms with van der Waals surface area (Å²) in [4.78, 5) is 17.1. The van der Waals surface area contributed by atoms with Crippen LogP contribution in [0.3, 0.4) is 0 Å². The third kappa shape index (κ3) is 3.03. The van der Waals surface area contributed by atoms with Gasteiger partial charge in [0.2, 0.25) is 0 Å². The highest BCUT2D eigenvalue weighted by atomic mass is 16.5. The molecule has 3 rings (SSSR count). The summed E-state index contributed by atoms with van der Waals surface area (Å²) in [7, 11) is 6.12. The normalized spacial score (nSPS) is 28.7. The van der Waals surface area contributed by atoms with Crippen molar-refractivity contribution in [2.24, 2.45) is 7.05 Å². The van der Waals surface area contributed by atoms with E-state index in [4.69, 9.17) is 4.74 Å². The molecule has 3 heterocycles. The Morgan fingerprint density at radius 1 is 1.45 bits per heavy atom. The first-order valence-electron chi connectivity index (χ1n) is 8.12. The van der Waals surface area contributed by atoms with E-state index in [2.05, 4.69) is 24.1 Å². The Bertz CT molecular complexity index is 522. The van der Waals surface area contributed by atoms with Gasteiger partial charge in [0, 0.05) is 32.4 Å². The number of nitrogens with zero attached hydrogens (tertiary/aromatic N) is 4. The van der Waals surface area contributed by atoms with E-state index in [9.17, 15) is 4.79 Å². The molecule has 6 heteroatoms. The number of amides is 1. The van der Waals surface area contributed by atoms with E-state index in [0.717, 1.165) is 32.2 Å². The molecule has 0 unspecified atom stereocenters. The van der Waals surface area contributed by atoms with Crippen molar-refractivity contribution >= 4 is 5.91 Å². The maximum atomic E-state index is 12.8. The molecule has 0 aromatic carbocycles. The van der Waals surface area contributed by atoms with Crippen LogP contribution in [0.25, 0.3) is 0 Å². The Hall–Kier alpha value is -1.40. The zero-order valence-corrected chi connectivity index (χ0v) is 13.7. The van der Waals surface area contributed by atoms with Crippen LogP contribution in [0.5, 0.6) is 0 Å². The van der Waals surface area contributed by atoms with Gasteiger partial charge in [-0.25, -0.2) is 0 Å². The monoisotopic (exact) mass is 306 g/mol. The molecule has 3 atom stereocenters. The first-order chi connectivity index (χ1) is 10.6. The van der Waals surface area contributed by atoms with Crippen LogP contribution in [0.1, 0.15) is 24.8 Å². The zero-order chi connectivity index (χ0) is 15.7. The number of carbonyl (C=O) groups excluding carboxylic acids is 1. The van der Waals surface area contributed by atoms with Crippen molar-refractivity contribution in [3.8, 4) is 0 Å². The fourth-order valence-electron chi connectivity index (χ4n) is 3.74. The number of rotatable bonds is 4. The first kappa shape index (κ1) is 15.5. The summed E-state index contributed by atoms with van der Waals surface area (Å²) < 4.78 is 7.42. The molecule has 0 saturated carbocycles. The highest BCUT2D eigenvalue weighted by Gasteiger charge is 2.41. The van der Waals surface area contributed by atoms with Crippen LogP contribution >= 0.6 is 0 Å². The van der Waals surface area contributed by atoms with Crippen LogP contribution in [-0.4, -0.2) is 70.9 Å². The molecule has 122 valence electrons. The minimum Gasteiger partial charge on any atom is -0.368 e.